The molecule has 0 atom stereocenters. The fraction of sp³-hybridized carbons (Fsp3) is 0.206. The normalized spacial score (nSPS) is 17.3. The second kappa shape index (κ2) is 12.6. The number of fused-ring (bicyclic) bond motifs is 15. The van der Waals surface area contributed by atoms with Crippen molar-refractivity contribution in [3.63, 3.8) is 0 Å². The number of aromatic nitrogens is 3. The Kier molecular flexibility index (Phi) is 7.10. The van der Waals surface area contributed by atoms with Crippen LogP contribution in [0.2, 0.25) is 0 Å². The van der Waals surface area contributed by atoms with E-state index in [0.29, 0.717) is 0 Å². The first-order valence-corrected chi connectivity index (χ1v) is 24.5. The van der Waals surface area contributed by atoms with Crippen molar-refractivity contribution in [1.82, 2.24) is 13.7 Å². The number of hydrogen-bond acceptors (Lipinski definition) is 1. The molecule has 4 nitrogen and oxygen atoms in total. The average Bonchev–Trinajstić information content (AvgIpc) is 3.99. The third-order valence-corrected chi connectivity index (χ3v) is 17.1. The second-order valence-corrected chi connectivity index (χ2v) is 21.5. The molecule has 0 unspecified atom stereocenters. The molecule has 0 saturated carbocycles. The summed E-state index contributed by atoms with van der Waals surface area (Å²) in [6, 6.07) is 53.7. The van der Waals surface area contributed by atoms with Gasteiger partial charge in [-0.3, -0.25) is 0 Å². The molecule has 3 aliphatic heterocycles. The van der Waals surface area contributed by atoms with Crippen LogP contribution in [-0.2, 0) is 29.1 Å². The standard InChI is InChI=1S/C63H52N4/c1-61(2)46-22-13-19-43-40-16-7-10-25-52(40)65(58(43)46)55-31-28-37(34-49(55)61)64(38-29-32-56-50(35-38)62(3,4)47-23-14-20-44-41-17-8-11-26-53(41)66(56)59(44)47)39-30-33-57-51(36-39)63(5,6)48-24-15-21-45-42-18-9-12-27-54(42)67(57)60(45)48/h7-11,13-14,16-20,22-26,28-36H,12,15,21,27H2,1-6H3. The number of nitrogens with zero attached hydrogens (tertiary/aromatic N) is 4. The van der Waals surface area contributed by atoms with Crippen LogP contribution in [0.4, 0.5) is 17.1 Å². The van der Waals surface area contributed by atoms with Gasteiger partial charge in [-0.25, -0.2) is 0 Å². The van der Waals surface area contributed by atoms with E-state index in [9.17, 15) is 0 Å². The highest BCUT2D eigenvalue weighted by molar-refractivity contribution is 6.13. The topological polar surface area (TPSA) is 18.0 Å². The zero-order valence-corrected chi connectivity index (χ0v) is 39.1. The Morgan fingerprint density at radius 1 is 0.448 bits per heavy atom. The van der Waals surface area contributed by atoms with Gasteiger partial charge in [0.05, 0.1) is 44.8 Å². The van der Waals surface area contributed by atoms with Gasteiger partial charge in [-0.15, -0.1) is 0 Å². The van der Waals surface area contributed by atoms with E-state index in [4.69, 9.17) is 0 Å². The Balaban J connectivity index is 0.991. The van der Waals surface area contributed by atoms with Gasteiger partial charge in [0.1, 0.15) is 0 Å². The largest absolute Gasteiger partial charge is 0.313 e. The number of anilines is 3. The molecule has 5 aliphatic rings. The zero-order valence-electron chi connectivity index (χ0n) is 39.1. The first-order chi connectivity index (χ1) is 32.5. The van der Waals surface area contributed by atoms with Gasteiger partial charge in [0, 0.05) is 60.5 Å². The maximum atomic E-state index is 2.66. The molecule has 4 heteroatoms. The van der Waals surface area contributed by atoms with Crippen molar-refractivity contribution < 1.29 is 0 Å². The molecule has 6 heterocycles. The first-order valence-electron chi connectivity index (χ1n) is 24.5. The van der Waals surface area contributed by atoms with Crippen LogP contribution in [0.25, 0.3) is 72.3 Å². The van der Waals surface area contributed by atoms with Gasteiger partial charge in [-0.1, -0.05) is 133 Å². The number of hydrogen-bond donors (Lipinski definition) is 0. The zero-order chi connectivity index (χ0) is 44.9. The lowest BCUT2D eigenvalue weighted by Gasteiger charge is -2.40. The van der Waals surface area contributed by atoms with Crippen molar-refractivity contribution in [2.45, 2.75) is 83.5 Å². The van der Waals surface area contributed by atoms with E-state index in [1.54, 1.807) is 5.56 Å². The minimum atomic E-state index is -0.245. The monoisotopic (exact) mass is 864 g/mol. The van der Waals surface area contributed by atoms with Crippen molar-refractivity contribution in [3.8, 4) is 17.1 Å². The van der Waals surface area contributed by atoms with Crippen LogP contribution in [0.3, 0.4) is 0 Å². The Morgan fingerprint density at radius 2 is 0.940 bits per heavy atom. The SMILES string of the molecule is CC1(C)C2=CCCc3c4c(n(c32)-c2ccc(N(c3ccc5c(c3)C(C)(C)c3cccc6c7ccccc7n-5c36)c3ccc5c(c3)C(C)(C)c3cccc6c7ccccc7n-5c36)cc21)CCC=C4. The summed E-state index contributed by atoms with van der Waals surface area (Å²) in [4.78, 5) is 2.57. The van der Waals surface area contributed by atoms with Crippen molar-refractivity contribution in [1.29, 1.82) is 0 Å². The van der Waals surface area contributed by atoms with Gasteiger partial charge in [0.2, 0.25) is 0 Å². The van der Waals surface area contributed by atoms with Gasteiger partial charge in [0.25, 0.3) is 0 Å². The first kappa shape index (κ1) is 37.9. The third kappa shape index (κ3) is 4.59. The van der Waals surface area contributed by atoms with Crippen LogP contribution in [0, 0.1) is 0 Å². The molecule has 0 spiro atoms. The van der Waals surface area contributed by atoms with Crippen molar-refractivity contribution in [2.24, 2.45) is 0 Å². The van der Waals surface area contributed by atoms with Crippen LogP contribution < -0.4 is 4.90 Å². The Hall–Kier alpha value is -7.30. The highest BCUT2D eigenvalue weighted by atomic mass is 15.2. The van der Waals surface area contributed by atoms with E-state index in [1.165, 1.54) is 128 Å². The van der Waals surface area contributed by atoms with Gasteiger partial charge >= 0.3 is 0 Å². The summed E-state index contributed by atoms with van der Waals surface area (Å²) in [7, 11) is 0. The van der Waals surface area contributed by atoms with Crippen LogP contribution in [0.15, 0.2) is 152 Å². The fourth-order valence-corrected chi connectivity index (χ4v) is 13.9. The van der Waals surface area contributed by atoms with Gasteiger partial charge in [-0.2, -0.15) is 0 Å². The molecule has 10 aromatic rings. The minimum absolute atomic E-state index is 0.183. The molecule has 3 aromatic heterocycles. The number of rotatable bonds is 3. The lowest BCUT2D eigenvalue weighted by Crippen LogP contribution is -2.30. The van der Waals surface area contributed by atoms with Crippen molar-refractivity contribution in [3.05, 3.63) is 202 Å². The predicted molar refractivity (Wildman–Crippen MR) is 280 cm³/mol. The molecule has 324 valence electrons. The van der Waals surface area contributed by atoms with E-state index in [2.05, 4.69) is 218 Å². The van der Waals surface area contributed by atoms with Crippen molar-refractivity contribution >= 4 is 72.3 Å². The summed E-state index contributed by atoms with van der Waals surface area (Å²) < 4.78 is 7.73. The molecule has 0 N–H and O–H groups in total. The number of allylic oxidation sites excluding steroid dienone is 3. The van der Waals surface area contributed by atoms with E-state index in [-0.39, 0.29) is 16.2 Å². The van der Waals surface area contributed by atoms with Gasteiger partial charge in [-0.05, 0) is 137 Å². The summed E-state index contributed by atoms with van der Waals surface area (Å²) in [6.07, 6.45) is 11.7. The molecule has 0 amide bonds. The third-order valence-electron chi connectivity index (χ3n) is 17.1. The Bertz CT molecular complexity index is 3780. The smallest absolute Gasteiger partial charge is 0.0582 e. The van der Waals surface area contributed by atoms with E-state index in [1.807, 2.05) is 0 Å². The lowest BCUT2D eigenvalue weighted by atomic mass is 9.70. The van der Waals surface area contributed by atoms with E-state index < -0.39 is 0 Å². The number of para-hydroxylation sites is 4. The van der Waals surface area contributed by atoms with Crippen molar-refractivity contribution in [2.75, 3.05) is 4.90 Å². The highest BCUT2D eigenvalue weighted by Gasteiger charge is 2.43. The molecule has 0 fully saturated rings. The van der Waals surface area contributed by atoms with Crippen LogP contribution in [0.5, 0.6) is 0 Å². The van der Waals surface area contributed by atoms with Crippen LogP contribution in [-0.4, -0.2) is 13.7 Å². The summed E-state index contributed by atoms with van der Waals surface area (Å²) in [5, 5.41) is 5.26. The minimum Gasteiger partial charge on any atom is -0.313 e. The van der Waals surface area contributed by atoms with Crippen LogP contribution >= 0.6 is 0 Å². The molecule has 0 saturated heterocycles. The molecule has 15 rings (SSSR count). The highest BCUT2D eigenvalue weighted by Crippen LogP contribution is 2.55. The molecule has 7 aromatic carbocycles. The summed E-state index contributed by atoms with van der Waals surface area (Å²) >= 11 is 0. The fourth-order valence-electron chi connectivity index (χ4n) is 13.9. The quantitative estimate of drug-likeness (QED) is 0.173. The maximum Gasteiger partial charge on any atom is 0.0582 e. The lowest BCUT2D eigenvalue weighted by molar-refractivity contribution is 0.629. The summed E-state index contributed by atoms with van der Waals surface area (Å²) in [5.74, 6) is 0. The maximum absolute atomic E-state index is 2.66. The molecule has 67 heavy (non-hydrogen) atoms. The molecule has 0 radical (unpaired) electrons. The molecule has 0 bridgehead atoms. The van der Waals surface area contributed by atoms with Gasteiger partial charge < -0.3 is 18.6 Å². The predicted octanol–water partition coefficient (Wildman–Crippen LogP) is 16.0. The van der Waals surface area contributed by atoms with E-state index >= 15 is 0 Å². The number of benzene rings is 7. The summed E-state index contributed by atoms with van der Waals surface area (Å²) in [5.41, 5.74) is 26.1. The average molecular weight is 865 g/mol. The molecule has 2 aliphatic carbocycles. The summed E-state index contributed by atoms with van der Waals surface area (Å²) in [6.45, 7) is 14.6. The molecular weight excluding hydrogens is 813 g/mol. The van der Waals surface area contributed by atoms with Crippen LogP contribution in [0.1, 0.15) is 105 Å². The Labute approximate surface area is 391 Å². The van der Waals surface area contributed by atoms with E-state index in [0.717, 1.165) is 25.7 Å². The molecular formula is C63H52N4. The van der Waals surface area contributed by atoms with Gasteiger partial charge in [0.15, 0.2) is 0 Å². The second-order valence-electron chi connectivity index (χ2n) is 21.5. The Morgan fingerprint density at radius 3 is 1.49 bits per heavy atom.